The summed E-state index contributed by atoms with van der Waals surface area (Å²) in [5.74, 6) is 0.309. The first kappa shape index (κ1) is 17.4. The number of nitrogen functional groups attached to an aromatic ring is 1. The summed E-state index contributed by atoms with van der Waals surface area (Å²) in [6, 6.07) is 16.0. The van der Waals surface area contributed by atoms with E-state index >= 15 is 0 Å². The van der Waals surface area contributed by atoms with Gasteiger partial charge in [0, 0.05) is 23.2 Å². The van der Waals surface area contributed by atoms with E-state index in [-0.39, 0.29) is 11.3 Å². The van der Waals surface area contributed by atoms with Crippen LogP contribution in [0.5, 0.6) is 0 Å². The van der Waals surface area contributed by atoms with Gasteiger partial charge in [-0.05, 0) is 42.5 Å². The first-order valence-electron chi connectivity index (χ1n) is 9.66. The molecule has 6 heteroatoms. The molecule has 1 aliphatic heterocycles. The number of carbonyl (C=O) groups excluding carboxylic acids is 1. The van der Waals surface area contributed by atoms with Crippen LogP contribution in [0.25, 0.3) is 22.5 Å². The second-order valence-corrected chi connectivity index (χ2v) is 7.64. The highest BCUT2D eigenvalue weighted by Crippen LogP contribution is 2.47. The molecule has 1 fully saturated rings. The lowest BCUT2D eigenvalue weighted by molar-refractivity contribution is 0.0946. The lowest BCUT2D eigenvalue weighted by atomic mass is 9.95. The molecule has 6 nitrogen and oxygen atoms in total. The summed E-state index contributed by atoms with van der Waals surface area (Å²) >= 11 is 0. The molecular formula is C23H19N5O. The molecule has 5 rings (SSSR count). The molecule has 142 valence electrons. The molecule has 2 aromatic carbocycles. The molecule has 1 aromatic heterocycles. The summed E-state index contributed by atoms with van der Waals surface area (Å²) < 4.78 is 0. The van der Waals surface area contributed by atoms with E-state index in [1.54, 1.807) is 6.20 Å². The number of aromatic nitrogens is 2. The van der Waals surface area contributed by atoms with E-state index in [9.17, 15) is 10.1 Å². The molecule has 1 amide bonds. The summed E-state index contributed by atoms with van der Waals surface area (Å²) in [6.07, 6.45) is 4.29. The Morgan fingerprint density at radius 3 is 2.59 bits per heavy atom. The zero-order valence-corrected chi connectivity index (χ0v) is 15.8. The second-order valence-electron chi connectivity index (χ2n) is 7.64. The lowest BCUT2D eigenvalue weighted by Gasteiger charge is -2.17. The maximum absolute atomic E-state index is 12.0. The van der Waals surface area contributed by atoms with Crippen molar-refractivity contribution < 1.29 is 4.79 Å². The highest BCUT2D eigenvalue weighted by molar-refractivity contribution is 5.97. The van der Waals surface area contributed by atoms with E-state index in [4.69, 9.17) is 10.7 Å². The van der Waals surface area contributed by atoms with E-state index in [0.717, 1.165) is 47.2 Å². The van der Waals surface area contributed by atoms with Crippen molar-refractivity contribution in [3.63, 3.8) is 0 Å². The van der Waals surface area contributed by atoms with Crippen LogP contribution in [0, 0.1) is 11.3 Å². The van der Waals surface area contributed by atoms with Crippen molar-refractivity contribution in [3.8, 4) is 28.6 Å². The third-order valence-electron chi connectivity index (χ3n) is 5.80. The molecule has 0 unspecified atom stereocenters. The van der Waals surface area contributed by atoms with Gasteiger partial charge in [0.1, 0.15) is 11.5 Å². The average Bonchev–Trinajstić information content (AvgIpc) is 3.56. The molecular weight excluding hydrogens is 362 g/mol. The van der Waals surface area contributed by atoms with Gasteiger partial charge in [0.25, 0.3) is 5.91 Å². The molecule has 2 aliphatic rings. The molecule has 0 atom stereocenters. The van der Waals surface area contributed by atoms with Gasteiger partial charge in [-0.1, -0.05) is 30.3 Å². The van der Waals surface area contributed by atoms with Crippen LogP contribution < -0.4 is 11.1 Å². The molecule has 3 N–H and O–H groups in total. The fraction of sp³-hybridized carbons (Fsp3) is 0.217. The quantitative estimate of drug-likeness (QED) is 0.725. The summed E-state index contributed by atoms with van der Waals surface area (Å²) in [5, 5.41) is 12.2. The Morgan fingerprint density at radius 2 is 1.86 bits per heavy atom. The van der Waals surface area contributed by atoms with Crippen molar-refractivity contribution in [2.45, 2.75) is 24.7 Å². The van der Waals surface area contributed by atoms with Crippen LogP contribution in [-0.2, 0) is 11.8 Å². The third-order valence-corrected chi connectivity index (χ3v) is 5.80. The number of nitrogens with one attached hydrogen (secondary N) is 1. The molecule has 1 saturated carbocycles. The van der Waals surface area contributed by atoms with Crippen LogP contribution in [-0.4, -0.2) is 22.4 Å². The number of amides is 1. The maximum atomic E-state index is 12.0. The number of nitrogens with zero attached hydrogens (tertiary/aromatic N) is 3. The minimum Gasteiger partial charge on any atom is -0.382 e. The largest absolute Gasteiger partial charge is 0.382 e. The number of hydrogen-bond acceptors (Lipinski definition) is 5. The molecule has 0 saturated heterocycles. The van der Waals surface area contributed by atoms with Gasteiger partial charge in [-0.25, -0.2) is 9.97 Å². The first-order valence-corrected chi connectivity index (χ1v) is 9.66. The van der Waals surface area contributed by atoms with Gasteiger partial charge < -0.3 is 11.1 Å². The fourth-order valence-corrected chi connectivity index (χ4v) is 3.88. The van der Waals surface area contributed by atoms with Gasteiger partial charge in [-0.15, -0.1) is 0 Å². The highest BCUT2D eigenvalue weighted by atomic mass is 16.1. The zero-order valence-electron chi connectivity index (χ0n) is 15.8. The van der Waals surface area contributed by atoms with Gasteiger partial charge in [0.2, 0.25) is 0 Å². The van der Waals surface area contributed by atoms with Gasteiger partial charge in [-0.3, -0.25) is 4.79 Å². The molecule has 0 spiro atoms. The summed E-state index contributed by atoms with van der Waals surface area (Å²) in [5.41, 5.74) is 11.7. The van der Waals surface area contributed by atoms with Crippen LogP contribution >= 0.6 is 0 Å². The van der Waals surface area contributed by atoms with Gasteiger partial charge in [0.15, 0.2) is 0 Å². The summed E-state index contributed by atoms with van der Waals surface area (Å²) in [6.45, 7) is 0.632. The first-order chi connectivity index (χ1) is 14.1. The Balaban J connectivity index is 1.51. The van der Waals surface area contributed by atoms with E-state index in [0.29, 0.717) is 23.6 Å². The van der Waals surface area contributed by atoms with Gasteiger partial charge in [-0.2, -0.15) is 5.26 Å². The van der Waals surface area contributed by atoms with E-state index in [2.05, 4.69) is 16.4 Å². The van der Waals surface area contributed by atoms with Crippen molar-refractivity contribution in [1.29, 1.82) is 5.26 Å². The number of rotatable bonds is 3. The van der Waals surface area contributed by atoms with Gasteiger partial charge in [0.05, 0.1) is 23.4 Å². The average molecular weight is 381 g/mol. The Morgan fingerprint density at radius 1 is 1.10 bits per heavy atom. The van der Waals surface area contributed by atoms with E-state index < -0.39 is 0 Å². The second kappa shape index (κ2) is 6.42. The van der Waals surface area contributed by atoms with Crippen LogP contribution in [0.4, 0.5) is 5.82 Å². The number of carbonyl (C=O) groups is 1. The maximum Gasteiger partial charge on any atom is 0.251 e. The monoisotopic (exact) mass is 381 g/mol. The van der Waals surface area contributed by atoms with Crippen LogP contribution in [0.3, 0.4) is 0 Å². The molecule has 1 aliphatic carbocycles. The Bertz CT molecular complexity index is 1170. The van der Waals surface area contributed by atoms with Crippen molar-refractivity contribution >= 4 is 11.7 Å². The highest BCUT2D eigenvalue weighted by Gasteiger charge is 2.44. The molecule has 2 heterocycles. The minimum absolute atomic E-state index is 0.0449. The molecule has 29 heavy (non-hydrogen) atoms. The third kappa shape index (κ3) is 2.92. The molecule has 3 aromatic rings. The van der Waals surface area contributed by atoms with E-state index in [1.165, 1.54) is 0 Å². The number of anilines is 1. The zero-order chi connectivity index (χ0) is 20.0. The van der Waals surface area contributed by atoms with Crippen LogP contribution in [0.1, 0.15) is 34.3 Å². The summed E-state index contributed by atoms with van der Waals surface area (Å²) in [7, 11) is 0. The van der Waals surface area contributed by atoms with Crippen LogP contribution in [0.15, 0.2) is 48.7 Å². The van der Waals surface area contributed by atoms with Crippen molar-refractivity contribution in [2.75, 3.05) is 12.3 Å². The number of nitriles is 1. The Hall–Kier alpha value is -3.72. The van der Waals surface area contributed by atoms with Crippen molar-refractivity contribution in [3.05, 3.63) is 65.4 Å². The van der Waals surface area contributed by atoms with Crippen molar-refractivity contribution in [1.82, 2.24) is 15.3 Å². The van der Waals surface area contributed by atoms with Crippen LogP contribution in [0.2, 0.25) is 0 Å². The topological polar surface area (TPSA) is 105 Å². The normalized spacial score (nSPS) is 16.4. The predicted octanol–water partition coefficient (Wildman–Crippen LogP) is 3.23. The SMILES string of the molecule is N#CC1(c2ccc(-c3cnc(N)c(-c4ccc5c(c4)CCNC5=O)n3)cc2)CC1. The van der Waals surface area contributed by atoms with Crippen molar-refractivity contribution in [2.24, 2.45) is 0 Å². The number of hydrogen-bond donors (Lipinski definition) is 2. The minimum atomic E-state index is -0.300. The Labute approximate surface area is 168 Å². The number of fused-ring (bicyclic) bond motifs is 1. The number of nitrogens with two attached hydrogens (primary N) is 1. The smallest absolute Gasteiger partial charge is 0.251 e. The Kier molecular flexibility index (Phi) is 3.85. The standard InChI is InChI=1S/C23H19N5O/c24-13-23(8-9-23)17-4-1-14(2-5-17)19-12-27-21(25)20(28-19)16-3-6-18-15(11-16)7-10-26-22(18)29/h1-6,11-12H,7-10H2,(H2,25,27)(H,26,29). The summed E-state index contributed by atoms with van der Waals surface area (Å²) in [4.78, 5) is 21.1. The lowest BCUT2D eigenvalue weighted by Crippen LogP contribution is -2.31. The molecule has 0 radical (unpaired) electrons. The fourth-order valence-electron chi connectivity index (χ4n) is 3.88. The van der Waals surface area contributed by atoms with Gasteiger partial charge >= 0.3 is 0 Å². The predicted molar refractivity (Wildman–Crippen MR) is 110 cm³/mol. The molecule has 0 bridgehead atoms. The van der Waals surface area contributed by atoms with E-state index in [1.807, 2.05) is 42.5 Å². The number of benzene rings is 2.